The molecule has 4 fully saturated rings. The molecule has 0 aliphatic carbocycles. The molecule has 4 aliphatic heterocycles. The molecule has 4 heterocycles. The van der Waals surface area contributed by atoms with Gasteiger partial charge in [-0.3, -0.25) is 0 Å². The first kappa shape index (κ1) is 177. The third kappa shape index (κ3) is 199. The van der Waals surface area contributed by atoms with Crippen molar-refractivity contribution >= 4 is 266 Å². The molecule has 4 saturated heterocycles. The number of hydrogen-bond acceptors (Lipinski definition) is 32. The van der Waals surface area contributed by atoms with Gasteiger partial charge < -0.3 is 330 Å². The minimum absolute atomic E-state index is 0. The van der Waals surface area contributed by atoms with E-state index in [-0.39, 0.29) is 472 Å². The van der Waals surface area contributed by atoms with Gasteiger partial charge in [-0.1, -0.05) is 0 Å². The van der Waals surface area contributed by atoms with Gasteiger partial charge in [0, 0.05) is 52.4 Å². The maximum Gasteiger partial charge on any atom is 4.00 e. The minimum atomic E-state index is 0. The van der Waals surface area contributed by atoms with E-state index in [9.17, 15) is 0 Å². The molecule has 0 bridgehead atoms. The van der Waals surface area contributed by atoms with Crippen molar-refractivity contribution in [3.63, 3.8) is 0 Å². The number of nitrogens with two attached hydrogens (primary N) is 8. The molecule has 16 N–H and O–H groups in total. The molecule has 0 amide bonds. The molecular weight excluding hydrogens is 2590 g/mol. The van der Waals surface area contributed by atoms with E-state index >= 15 is 0 Å². The van der Waals surface area contributed by atoms with Crippen molar-refractivity contribution in [2.45, 2.75) is 0 Å². The SMILES string of the molecule is C1COCCOCCOCCOCCOCCO1.C1COCCOCCOCCOCCOCCO1.C1COCCOCCOCCOCCOCCO1.C1COCCOCCOCCOCCOCCO1.NCCN.NCCN.NCCN.NCCN.[K+].[K+].[K+].[K+].[Se-2].[Se-2].[Se-2].[Se-2].[Se-2].[Se-2].[Se-2].[Se-2].[Se-2].[Se-2].[Sn+4].[Sn+4].[Sn+4].[Sn+4]. The average molecular weight is 2720 g/mol. The van der Waals surface area contributed by atoms with Crippen molar-refractivity contribution in [1.29, 1.82) is 0 Å². The predicted octanol–water partition coefficient (Wildman–Crippen LogP) is -21.3. The van der Waals surface area contributed by atoms with Crippen LogP contribution in [0.5, 0.6) is 0 Å². The molecule has 0 radical (unpaired) electrons. The predicted molar refractivity (Wildman–Crippen MR) is 413 cm³/mol. The largest absolute Gasteiger partial charge is 4.00 e. The second kappa shape index (κ2) is 187. The van der Waals surface area contributed by atoms with Gasteiger partial charge in [-0.2, -0.15) is 0 Å². The molecule has 32 nitrogen and oxygen atoms in total. The Kier molecular flexibility index (Phi) is 312. The fraction of sp³-hybridized carbons (Fsp3) is 1.00. The third-order valence-electron chi connectivity index (χ3n) is 9.59. The Bertz CT molecular complexity index is 748. The smallest absolute Gasteiger partial charge is 2.00 e. The Hall–Kier alpha value is 13.7. The second-order valence-electron chi connectivity index (χ2n) is 17.0. The number of ether oxygens (including phenoxy) is 24. The van der Waals surface area contributed by atoms with Crippen molar-refractivity contribution in [2.24, 2.45) is 45.9 Å². The van der Waals surface area contributed by atoms with E-state index in [0.29, 0.717) is 369 Å². The van der Waals surface area contributed by atoms with Crippen LogP contribution >= 0.6 is 0 Å². The van der Waals surface area contributed by atoms with E-state index in [1.165, 1.54) is 0 Å². The van der Waals surface area contributed by atoms with Crippen LogP contribution in [-0.2, 0) is 114 Å². The van der Waals surface area contributed by atoms with E-state index in [1.54, 1.807) is 0 Å². The van der Waals surface area contributed by atoms with E-state index in [4.69, 9.17) is 160 Å². The quantitative estimate of drug-likeness (QED) is 0.121. The summed E-state index contributed by atoms with van der Waals surface area (Å²) < 4.78 is 128. The Labute approximate surface area is 981 Å². The Morgan fingerprint density at radius 1 is 0.104 bits per heavy atom. The fourth-order valence-electron chi connectivity index (χ4n) is 5.28. The third-order valence-corrected chi connectivity index (χ3v) is 9.59. The van der Waals surface area contributed by atoms with Crippen molar-refractivity contribution in [1.82, 2.24) is 0 Å². The van der Waals surface area contributed by atoms with Crippen LogP contribution in [0, 0.1) is 0 Å². The molecule has 4 rings (SSSR count). The first-order valence-corrected chi connectivity index (χ1v) is 31.1. The zero-order chi connectivity index (χ0) is 64.6. The minimum Gasteiger partial charge on any atom is -2.00 e. The van der Waals surface area contributed by atoms with Gasteiger partial charge in [0.1, 0.15) is 0 Å². The Morgan fingerprint density at radius 2 is 0.132 bits per heavy atom. The number of hydrogen-bond donors (Lipinski definition) is 8. The van der Waals surface area contributed by atoms with Crippen molar-refractivity contribution in [3.8, 4) is 0 Å². The summed E-state index contributed by atoms with van der Waals surface area (Å²) in [7, 11) is 0. The summed E-state index contributed by atoms with van der Waals surface area (Å²) in [5.41, 5.74) is 39.2. The average Bonchev–Trinajstić information content (AvgIpc) is 1.94. The molecule has 0 spiro atoms. The van der Waals surface area contributed by atoms with Crippen LogP contribution in [0.2, 0.25) is 0 Å². The summed E-state index contributed by atoms with van der Waals surface area (Å²) in [6.07, 6.45) is 0. The van der Waals surface area contributed by atoms with Gasteiger partial charge in [0.25, 0.3) is 0 Å². The van der Waals surface area contributed by atoms with E-state index in [1.807, 2.05) is 0 Å². The van der Waals surface area contributed by atoms with E-state index in [0.717, 1.165) is 0 Å². The Morgan fingerprint density at radius 3 is 0.151 bits per heavy atom. The van der Waals surface area contributed by atoms with Gasteiger partial charge >= 0.3 is 301 Å². The van der Waals surface area contributed by atoms with E-state index in [2.05, 4.69) is 0 Å². The van der Waals surface area contributed by atoms with Crippen LogP contribution in [0.25, 0.3) is 0 Å². The summed E-state index contributed by atoms with van der Waals surface area (Å²) in [4.78, 5) is 0. The summed E-state index contributed by atoms with van der Waals surface area (Å²) in [5, 5.41) is 0. The van der Waals surface area contributed by atoms with Gasteiger partial charge in [0.05, 0.1) is 317 Å². The van der Waals surface area contributed by atoms with Gasteiger partial charge in [0.15, 0.2) is 0 Å². The van der Waals surface area contributed by atoms with Crippen molar-refractivity contribution < 1.29 is 319 Å². The summed E-state index contributed by atoms with van der Waals surface area (Å²) in [5.74, 6) is 0. The second-order valence-corrected chi connectivity index (χ2v) is 17.0. The molecular formula is C56H128K4N8O24Se10Sn4. The van der Waals surface area contributed by atoms with Crippen LogP contribution < -0.4 is 251 Å². The zero-order valence-corrected chi connectivity index (χ0v) is 105. The standard InChI is InChI=1S/4C12H24O6.4C2H8N2.4K.10Se.4Sn/c4*1-2-14-5-6-16-9-10-18-12-11-17-8-7-15-4-3-13-1;4*3-1-2-4;;;;;;;;;;;;;;;;;;/h4*1-12H2;4*1-4H2;;;;;;;;;;;;;;;;;;/q;;;;;;;;4*+1;10*-2;4*+4. The molecule has 0 atom stereocenters. The monoisotopic (exact) mass is 2730 g/mol. The van der Waals surface area contributed by atoms with Gasteiger partial charge in [-0.25, -0.2) is 0 Å². The molecule has 4 aliphatic rings. The molecule has 0 aromatic rings. The summed E-state index contributed by atoms with van der Waals surface area (Å²) in [6, 6.07) is 0. The summed E-state index contributed by atoms with van der Waals surface area (Å²) in [6.45, 7) is 32.9. The van der Waals surface area contributed by atoms with Crippen LogP contribution in [-0.4, -0.2) is 636 Å². The van der Waals surface area contributed by atoms with Crippen LogP contribution in [0.4, 0.5) is 0 Å². The van der Waals surface area contributed by atoms with Gasteiger partial charge in [-0.05, 0) is 0 Å². The molecule has 106 heavy (non-hydrogen) atoms. The molecule has 0 aromatic heterocycles. The molecule has 0 aromatic carbocycles. The van der Waals surface area contributed by atoms with Gasteiger partial charge in [0.2, 0.25) is 0 Å². The van der Waals surface area contributed by atoms with Crippen LogP contribution in [0.3, 0.4) is 0 Å². The zero-order valence-electron chi connectivity index (χ0n) is 64.1. The molecule has 0 unspecified atom stereocenters. The first-order chi connectivity index (χ1) is 43.7. The van der Waals surface area contributed by atoms with E-state index < -0.39 is 0 Å². The Balaban J connectivity index is -0.0000000393. The fourth-order valence-corrected chi connectivity index (χ4v) is 5.28. The van der Waals surface area contributed by atoms with Crippen molar-refractivity contribution in [3.05, 3.63) is 0 Å². The summed E-state index contributed by atoms with van der Waals surface area (Å²) >= 11 is 0. The maximum atomic E-state index is 5.33. The van der Waals surface area contributed by atoms with Crippen LogP contribution in [0.15, 0.2) is 0 Å². The van der Waals surface area contributed by atoms with Crippen LogP contribution in [0.1, 0.15) is 0 Å². The van der Waals surface area contributed by atoms with Gasteiger partial charge in [-0.15, -0.1) is 0 Å². The molecule has 0 saturated carbocycles. The first-order valence-electron chi connectivity index (χ1n) is 31.1. The molecule has 50 heteroatoms. The molecule has 616 valence electrons. The normalized spacial score (nSPS) is 17.4. The van der Waals surface area contributed by atoms with Crippen molar-refractivity contribution in [2.75, 3.05) is 369 Å². The number of rotatable bonds is 4. The topological polar surface area (TPSA) is 430 Å². The maximum absolute atomic E-state index is 5.33.